The maximum atomic E-state index is 13.3. The molecule has 2 aromatic rings. The topological polar surface area (TPSA) is 35.5 Å². The number of fused-ring (bicyclic) bond motifs is 1. The molecule has 3 nitrogen and oxygen atoms in total. The van der Waals surface area contributed by atoms with E-state index in [4.69, 9.17) is 9.16 Å². The third-order valence-corrected chi connectivity index (χ3v) is 13.3. The molecule has 1 heterocycles. The van der Waals surface area contributed by atoms with Crippen molar-refractivity contribution in [2.75, 3.05) is 5.75 Å². The molecule has 0 amide bonds. The molecule has 1 aliphatic heterocycles. The highest BCUT2D eigenvalue weighted by molar-refractivity contribution is 7.85. The van der Waals surface area contributed by atoms with E-state index >= 15 is 0 Å². The lowest BCUT2D eigenvalue weighted by molar-refractivity contribution is 0.0710. The molecule has 0 unspecified atom stereocenters. The summed E-state index contributed by atoms with van der Waals surface area (Å²) in [4.78, 5) is 0.851. The molecular weight excluding hydrogens is 444 g/mol. The van der Waals surface area contributed by atoms with Gasteiger partial charge in [0, 0.05) is 11.3 Å². The maximum Gasteiger partial charge on any atom is 0.250 e. The number of rotatable bonds is 7. The summed E-state index contributed by atoms with van der Waals surface area (Å²) in [5.41, 5.74) is 4.10. The second kappa shape index (κ2) is 9.42. The van der Waals surface area contributed by atoms with E-state index in [0.29, 0.717) is 12.2 Å². The Bertz CT molecular complexity index is 1050. The fourth-order valence-electron chi connectivity index (χ4n) is 4.00. The first-order chi connectivity index (χ1) is 15.3. The Morgan fingerprint density at radius 2 is 1.79 bits per heavy atom. The average molecular weight is 485 g/mol. The summed E-state index contributed by atoms with van der Waals surface area (Å²) < 4.78 is 26.7. The van der Waals surface area contributed by atoms with Crippen LogP contribution in [0.25, 0.3) is 0 Å². The summed E-state index contributed by atoms with van der Waals surface area (Å²) in [6.45, 7) is 21.6. The van der Waals surface area contributed by atoms with Crippen molar-refractivity contribution >= 4 is 19.1 Å². The molecule has 0 aliphatic carbocycles. The van der Waals surface area contributed by atoms with Crippen molar-refractivity contribution < 1.29 is 13.4 Å². The molecule has 1 aliphatic rings. The van der Waals surface area contributed by atoms with E-state index in [2.05, 4.69) is 60.4 Å². The van der Waals surface area contributed by atoms with Crippen molar-refractivity contribution in [3.8, 4) is 11.5 Å². The molecule has 0 radical (unpaired) electrons. The molecule has 180 valence electrons. The molecule has 0 bridgehead atoms. The Labute approximate surface area is 204 Å². The minimum atomic E-state index is -1.94. The van der Waals surface area contributed by atoms with E-state index in [0.717, 1.165) is 40.4 Å². The average Bonchev–Trinajstić information content (AvgIpc) is 2.72. The standard InChI is InChI=1S/C28H40O3SSi/c1-10-16-28(19-32(29)24-13-11-20(2)12-14-24)17-15-23-18-25(21(3)22(4)26(23)30-28)31-33(8,9)27(5,6)7/h10-14,18H,1,15-17,19H2,2-9H3/t28-,32+/m1/s1. The lowest BCUT2D eigenvalue weighted by Crippen LogP contribution is -2.45. The zero-order valence-corrected chi connectivity index (χ0v) is 23.4. The Kier molecular flexibility index (Phi) is 7.35. The molecule has 33 heavy (non-hydrogen) atoms. The summed E-state index contributed by atoms with van der Waals surface area (Å²) in [5.74, 6) is 2.38. The number of aryl methyl sites for hydroxylation is 2. The van der Waals surface area contributed by atoms with Gasteiger partial charge in [0.15, 0.2) is 0 Å². The first kappa shape index (κ1) is 25.8. The van der Waals surface area contributed by atoms with Gasteiger partial charge in [-0.3, -0.25) is 4.21 Å². The molecule has 3 rings (SSSR count). The molecule has 0 saturated carbocycles. The smallest absolute Gasteiger partial charge is 0.250 e. The van der Waals surface area contributed by atoms with Gasteiger partial charge < -0.3 is 9.16 Å². The summed E-state index contributed by atoms with van der Waals surface area (Å²) >= 11 is 0. The van der Waals surface area contributed by atoms with Crippen LogP contribution in [0.3, 0.4) is 0 Å². The summed E-state index contributed by atoms with van der Waals surface area (Å²) in [7, 11) is -3.08. The van der Waals surface area contributed by atoms with Gasteiger partial charge in [-0.2, -0.15) is 0 Å². The van der Waals surface area contributed by atoms with E-state index in [-0.39, 0.29) is 5.04 Å². The largest absolute Gasteiger partial charge is 0.543 e. The first-order valence-corrected chi connectivity index (χ1v) is 16.1. The van der Waals surface area contributed by atoms with Gasteiger partial charge >= 0.3 is 0 Å². The van der Waals surface area contributed by atoms with Crippen LogP contribution >= 0.6 is 0 Å². The van der Waals surface area contributed by atoms with Gasteiger partial charge in [0.1, 0.15) is 17.1 Å². The van der Waals surface area contributed by atoms with Crippen molar-refractivity contribution in [2.24, 2.45) is 0 Å². The van der Waals surface area contributed by atoms with Crippen LogP contribution in [-0.2, 0) is 17.2 Å². The zero-order chi connectivity index (χ0) is 24.6. The molecule has 0 saturated heterocycles. The van der Waals surface area contributed by atoms with E-state index in [9.17, 15) is 4.21 Å². The first-order valence-electron chi connectivity index (χ1n) is 11.9. The fraction of sp³-hybridized carbons (Fsp3) is 0.500. The molecule has 2 atom stereocenters. The maximum absolute atomic E-state index is 13.3. The van der Waals surface area contributed by atoms with Gasteiger partial charge in [0.25, 0.3) is 0 Å². The number of hydrogen-bond acceptors (Lipinski definition) is 3. The van der Waals surface area contributed by atoms with Crippen LogP contribution in [0.15, 0.2) is 47.9 Å². The van der Waals surface area contributed by atoms with Gasteiger partial charge in [-0.15, -0.1) is 6.58 Å². The van der Waals surface area contributed by atoms with Crippen LogP contribution in [-0.4, -0.2) is 23.9 Å². The highest BCUT2D eigenvalue weighted by atomic mass is 32.2. The van der Waals surface area contributed by atoms with Crippen LogP contribution in [0.5, 0.6) is 11.5 Å². The third-order valence-electron chi connectivity index (χ3n) is 7.40. The minimum Gasteiger partial charge on any atom is -0.543 e. The molecule has 0 fully saturated rings. The molecule has 0 aromatic heterocycles. The van der Waals surface area contributed by atoms with E-state index in [1.54, 1.807) is 0 Å². The van der Waals surface area contributed by atoms with Gasteiger partial charge in [-0.25, -0.2) is 0 Å². The number of ether oxygens (including phenoxy) is 1. The Morgan fingerprint density at radius 1 is 1.15 bits per heavy atom. The van der Waals surface area contributed by atoms with E-state index < -0.39 is 24.7 Å². The van der Waals surface area contributed by atoms with E-state index in [1.165, 1.54) is 11.1 Å². The van der Waals surface area contributed by atoms with Gasteiger partial charge in [-0.05, 0) is 86.6 Å². The highest BCUT2D eigenvalue weighted by Gasteiger charge is 2.41. The summed E-state index contributed by atoms with van der Waals surface area (Å²) in [6, 6.07) is 10.1. The van der Waals surface area contributed by atoms with Crippen molar-refractivity contribution in [2.45, 2.75) is 89.4 Å². The predicted octanol–water partition coefficient (Wildman–Crippen LogP) is 7.44. The van der Waals surface area contributed by atoms with Crippen LogP contribution < -0.4 is 9.16 Å². The van der Waals surface area contributed by atoms with Crippen molar-refractivity contribution in [3.63, 3.8) is 0 Å². The van der Waals surface area contributed by atoms with E-state index in [1.807, 2.05) is 37.3 Å². The van der Waals surface area contributed by atoms with Crippen molar-refractivity contribution in [1.29, 1.82) is 0 Å². The third kappa shape index (κ3) is 5.46. The lowest BCUT2D eigenvalue weighted by atomic mass is 9.88. The van der Waals surface area contributed by atoms with Crippen LogP contribution in [0, 0.1) is 20.8 Å². The second-order valence-electron chi connectivity index (χ2n) is 11.1. The van der Waals surface area contributed by atoms with Crippen LogP contribution in [0.2, 0.25) is 18.1 Å². The SMILES string of the molecule is C=CC[C@]1(C[S@](=O)c2ccc(C)cc2)CCc2cc(O[Si](C)(C)C(C)(C)C)c(C)c(C)c2O1. The number of hydrogen-bond donors (Lipinski definition) is 0. The quantitative estimate of drug-likeness (QED) is 0.302. The minimum absolute atomic E-state index is 0.138. The normalized spacial score (nSPS) is 19.4. The van der Waals surface area contributed by atoms with Crippen LogP contribution in [0.1, 0.15) is 55.9 Å². The molecule has 2 aromatic carbocycles. The van der Waals surface area contributed by atoms with Gasteiger partial charge in [0.2, 0.25) is 8.32 Å². The Morgan fingerprint density at radius 3 is 2.36 bits per heavy atom. The number of benzene rings is 2. The Hall–Kier alpha value is -1.85. The highest BCUT2D eigenvalue weighted by Crippen LogP contribution is 2.45. The monoisotopic (exact) mass is 484 g/mol. The van der Waals surface area contributed by atoms with Crippen molar-refractivity contribution in [1.82, 2.24) is 0 Å². The second-order valence-corrected chi connectivity index (χ2v) is 17.2. The lowest BCUT2D eigenvalue weighted by Gasteiger charge is -2.40. The van der Waals surface area contributed by atoms with Crippen LogP contribution in [0.4, 0.5) is 0 Å². The predicted molar refractivity (Wildman–Crippen MR) is 143 cm³/mol. The molecule has 5 heteroatoms. The summed E-state index contributed by atoms with van der Waals surface area (Å²) in [6.07, 6.45) is 4.26. The molecule has 0 spiro atoms. The Balaban J connectivity index is 1.92. The summed E-state index contributed by atoms with van der Waals surface area (Å²) in [5, 5.41) is 0.138. The van der Waals surface area contributed by atoms with Gasteiger partial charge in [-0.1, -0.05) is 44.5 Å². The fourth-order valence-corrected chi connectivity index (χ4v) is 6.47. The van der Waals surface area contributed by atoms with Crippen molar-refractivity contribution in [3.05, 3.63) is 65.2 Å². The molecular formula is C28H40O3SSi. The van der Waals surface area contributed by atoms with Gasteiger partial charge in [0.05, 0.1) is 16.6 Å². The molecule has 0 N–H and O–H groups in total. The zero-order valence-electron chi connectivity index (χ0n) is 21.6.